The van der Waals surface area contributed by atoms with Crippen LogP contribution in [0.15, 0.2) is 18.2 Å². The third-order valence-electron chi connectivity index (χ3n) is 3.49. The molecule has 0 amide bonds. The van der Waals surface area contributed by atoms with Gasteiger partial charge in [-0.3, -0.25) is 0 Å². The van der Waals surface area contributed by atoms with Gasteiger partial charge in [-0.1, -0.05) is 13.8 Å². The van der Waals surface area contributed by atoms with Crippen molar-refractivity contribution in [1.82, 2.24) is 5.32 Å². The second-order valence-electron chi connectivity index (χ2n) is 5.68. The predicted molar refractivity (Wildman–Crippen MR) is 75.1 cm³/mol. The number of nitrogens with zero attached hydrogens (tertiary/aromatic N) is 1. The van der Waals surface area contributed by atoms with E-state index < -0.39 is 11.7 Å². The molecule has 1 N–H and O–H groups in total. The van der Waals surface area contributed by atoms with Crippen LogP contribution in [0.3, 0.4) is 0 Å². The van der Waals surface area contributed by atoms with E-state index in [-0.39, 0.29) is 0 Å². The van der Waals surface area contributed by atoms with Crippen LogP contribution in [0.1, 0.15) is 25.0 Å². The average Bonchev–Trinajstić information content (AvgIpc) is 2.38. The fourth-order valence-corrected chi connectivity index (χ4v) is 2.58. The maximum absolute atomic E-state index is 12.9. The summed E-state index contributed by atoms with van der Waals surface area (Å²) in [7, 11) is 0. The van der Waals surface area contributed by atoms with Crippen molar-refractivity contribution in [3.63, 3.8) is 0 Å². The number of anilines is 1. The van der Waals surface area contributed by atoms with Crippen LogP contribution in [0.25, 0.3) is 0 Å². The molecule has 0 unspecified atom stereocenters. The minimum Gasteiger partial charge on any atom is -0.369 e. The van der Waals surface area contributed by atoms with Gasteiger partial charge < -0.3 is 10.2 Å². The number of benzene rings is 1. The SMILES string of the molecule is CC(C)Cc1cc(C(F)(F)F)ccc1N1CCNCC1. The highest BCUT2D eigenvalue weighted by Crippen LogP contribution is 2.34. The lowest BCUT2D eigenvalue weighted by atomic mass is 9.98. The van der Waals surface area contributed by atoms with Crippen molar-refractivity contribution in [1.29, 1.82) is 0 Å². The van der Waals surface area contributed by atoms with Crippen LogP contribution in [-0.2, 0) is 12.6 Å². The van der Waals surface area contributed by atoms with Crippen LogP contribution < -0.4 is 10.2 Å². The first-order valence-corrected chi connectivity index (χ1v) is 7.03. The summed E-state index contributed by atoms with van der Waals surface area (Å²) in [6.45, 7) is 7.50. The number of hydrogen-bond donors (Lipinski definition) is 1. The Bertz CT molecular complexity index is 449. The number of rotatable bonds is 3. The van der Waals surface area contributed by atoms with E-state index in [0.29, 0.717) is 12.3 Å². The van der Waals surface area contributed by atoms with E-state index in [1.807, 2.05) is 13.8 Å². The second-order valence-corrected chi connectivity index (χ2v) is 5.68. The number of hydrogen-bond acceptors (Lipinski definition) is 2. The third-order valence-corrected chi connectivity index (χ3v) is 3.49. The van der Waals surface area contributed by atoms with Crippen molar-refractivity contribution >= 4 is 5.69 Å². The van der Waals surface area contributed by atoms with Gasteiger partial charge in [0, 0.05) is 31.9 Å². The summed E-state index contributed by atoms with van der Waals surface area (Å²) in [5.74, 6) is 0.333. The van der Waals surface area contributed by atoms with Gasteiger partial charge in [0.1, 0.15) is 0 Å². The molecule has 0 aliphatic carbocycles. The summed E-state index contributed by atoms with van der Waals surface area (Å²) < 4.78 is 38.6. The molecule has 5 heteroatoms. The third kappa shape index (κ3) is 3.66. The zero-order valence-corrected chi connectivity index (χ0v) is 11.9. The van der Waals surface area contributed by atoms with Crippen LogP contribution in [0, 0.1) is 5.92 Å². The Morgan fingerprint density at radius 3 is 2.40 bits per heavy atom. The van der Waals surface area contributed by atoms with Crippen molar-refractivity contribution in [2.24, 2.45) is 5.92 Å². The van der Waals surface area contributed by atoms with E-state index in [0.717, 1.165) is 37.4 Å². The average molecular weight is 286 g/mol. The molecule has 0 saturated carbocycles. The largest absolute Gasteiger partial charge is 0.416 e. The van der Waals surface area contributed by atoms with Gasteiger partial charge in [-0.15, -0.1) is 0 Å². The van der Waals surface area contributed by atoms with Crippen LogP contribution in [0.2, 0.25) is 0 Å². The van der Waals surface area contributed by atoms with Gasteiger partial charge in [0.25, 0.3) is 0 Å². The Hall–Kier alpha value is -1.23. The Kier molecular flexibility index (Phi) is 4.58. The summed E-state index contributed by atoms with van der Waals surface area (Å²) in [4.78, 5) is 2.17. The van der Waals surface area contributed by atoms with Crippen molar-refractivity contribution < 1.29 is 13.2 Å². The molecule has 2 nitrogen and oxygen atoms in total. The lowest BCUT2D eigenvalue weighted by Crippen LogP contribution is -2.44. The Balaban J connectivity index is 2.34. The molecule has 0 radical (unpaired) electrons. The van der Waals surface area contributed by atoms with Gasteiger partial charge in [-0.25, -0.2) is 0 Å². The van der Waals surface area contributed by atoms with Crippen molar-refractivity contribution in [2.45, 2.75) is 26.4 Å². The lowest BCUT2D eigenvalue weighted by Gasteiger charge is -2.32. The van der Waals surface area contributed by atoms with Crippen molar-refractivity contribution in [3.8, 4) is 0 Å². The number of piperazine rings is 1. The van der Waals surface area contributed by atoms with Gasteiger partial charge in [-0.2, -0.15) is 13.2 Å². The van der Waals surface area contributed by atoms with E-state index in [4.69, 9.17) is 0 Å². The monoisotopic (exact) mass is 286 g/mol. The van der Waals surface area contributed by atoms with E-state index in [1.165, 1.54) is 12.1 Å². The van der Waals surface area contributed by atoms with E-state index in [2.05, 4.69) is 10.2 Å². The minimum absolute atomic E-state index is 0.333. The molecule has 0 bridgehead atoms. The summed E-state index contributed by atoms with van der Waals surface area (Å²) in [6, 6.07) is 4.14. The van der Waals surface area contributed by atoms with Gasteiger partial charge in [0.15, 0.2) is 0 Å². The second kappa shape index (κ2) is 6.04. The molecule has 1 saturated heterocycles. The molecule has 1 aromatic rings. The Morgan fingerprint density at radius 2 is 1.85 bits per heavy atom. The molecule has 1 aromatic carbocycles. The van der Waals surface area contributed by atoms with Crippen LogP contribution in [0.4, 0.5) is 18.9 Å². The Labute approximate surface area is 118 Å². The molecule has 1 fully saturated rings. The quantitative estimate of drug-likeness (QED) is 0.917. The van der Waals surface area contributed by atoms with E-state index >= 15 is 0 Å². The first-order valence-electron chi connectivity index (χ1n) is 7.03. The van der Waals surface area contributed by atoms with Crippen LogP contribution in [0.5, 0.6) is 0 Å². The maximum atomic E-state index is 12.9. The van der Waals surface area contributed by atoms with Gasteiger partial charge >= 0.3 is 6.18 Å². The highest BCUT2D eigenvalue weighted by Gasteiger charge is 2.31. The van der Waals surface area contributed by atoms with E-state index in [9.17, 15) is 13.2 Å². The smallest absolute Gasteiger partial charge is 0.369 e. The molecule has 112 valence electrons. The molecule has 2 rings (SSSR count). The zero-order valence-electron chi connectivity index (χ0n) is 11.9. The van der Waals surface area contributed by atoms with Gasteiger partial charge in [0.05, 0.1) is 5.56 Å². The van der Waals surface area contributed by atoms with E-state index in [1.54, 1.807) is 6.07 Å². The molecule has 1 heterocycles. The molecule has 20 heavy (non-hydrogen) atoms. The standard InChI is InChI=1S/C15H21F3N2/c1-11(2)9-12-10-13(15(16,17)18)3-4-14(12)20-7-5-19-6-8-20/h3-4,10-11,19H,5-9H2,1-2H3. The fourth-order valence-electron chi connectivity index (χ4n) is 2.58. The lowest BCUT2D eigenvalue weighted by molar-refractivity contribution is -0.137. The summed E-state index contributed by atoms with van der Waals surface area (Å²) in [5.41, 5.74) is 1.21. The number of alkyl halides is 3. The number of nitrogens with one attached hydrogen (secondary N) is 1. The number of halogens is 3. The molecule has 1 aliphatic rings. The molecule has 0 atom stereocenters. The zero-order chi connectivity index (χ0) is 14.8. The topological polar surface area (TPSA) is 15.3 Å². The first-order chi connectivity index (χ1) is 9.38. The molecule has 0 spiro atoms. The fraction of sp³-hybridized carbons (Fsp3) is 0.600. The maximum Gasteiger partial charge on any atom is 0.416 e. The predicted octanol–water partition coefficient (Wildman–Crippen LogP) is 3.31. The molecule has 0 aromatic heterocycles. The first kappa shape index (κ1) is 15.2. The molecule has 1 aliphatic heterocycles. The van der Waals surface area contributed by atoms with Gasteiger partial charge in [-0.05, 0) is 36.1 Å². The Morgan fingerprint density at radius 1 is 1.20 bits per heavy atom. The van der Waals surface area contributed by atoms with Crippen LogP contribution in [-0.4, -0.2) is 26.2 Å². The highest BCUT2D eigenvalue weighted by molar-refractivity contribution is 5.56. The van der Waals surface area contributed by atoms with Crippen molar-refractivity contribution in [2.75, 3.05) is 31.1 Å². The molecular formula is C15H21F3N2. The summed E-state index contributed by atoms with van der Waals surface area (Å²) in [6.07, 6.45) is -3.60. The van der Waals surface area contributed by atoms with Crippen LogP contribution >= 0.6 is 0 Å². The van der Waals surface area contributed by atoms with Gasteiger partial charge in [0.2, 0.25) is 0 Å². The minimum atomic E-state index is -4.27. The summed E-state index contributed by atoms with van der Waals surface area (Å²) >= 11 is 0. The van der Waals surface area contributed by atoms with Crippen molar-refractivity contribution in [3.05, 3.63) is 29.3 Å². The molecular weight excluding hydrogens is 265 g/mol. The highest BCUT2D eigenvalue weighted by atomic mass is 19.4. The summed E-state index contributed by atoms with van der Waals surface area (Å²) in [5, 5.41) is 3.26. The normalized spacial score (nSPS) is 16.8.